The number of rotatable bonds is 3. The Kier molecular flexibility index (Phi) is 4.79. The molecule has 144 valence electrons. The zero-order valence-electron chi connectivity index (χ0n) is 16.5. The van der Waals surface area contributed by atoms with E-state index in [4.69, 9.17) is 9.97 Å². The van der Waals surface area contributed by atoms with Crippen molar-refractivity contribution in [1.29, 1.82) is 0 Å². The number of benzene rings is 1. The lowest BCUT2D eigenvalue weighted by atomic mass is 9.95. The summed E-state index contributed by atoms with van der Waals surface area (Å²) in [6.07, 6.45) is 7.27. The van der Waals surface area contributed by atoms with Gasteiger partial charge in [0.25, 0.3) is 0 Å². The zero-order valence-corrected chi connectivity index (χ0v) is 16.5. The molecule has 0 spiro atoms. The van der Waals surface area contributed by atoms with E-state index < -0.39 is 0 Å². The summed E-state index contributed by atoms with van der Waals surface area (Å²) in [5.74, 6) is 1.57. The molecule has 0 bridgehead atoms. The van der Waals surface area contributed by atoms with E-state index in [-0.39, 0.29) is 0 Å². The van der Waals surface area contributed by atoms with E-state index >= 15 is 0 Å². The second-order valence-electron chi connectivity index (χ2n) is 8.27. The maximum absolute atomic E-state index is 4.95. The van der Waals surface area contributed by atoms with Crippen molar-refractivity contribution in [2.24, 2.45) is 0 Å². The van der Waals surface area contributed by atoms with Crippen molar-refractivity contribution in [3.8, 4) is 0 Å². The van der Waals surface area contributed by atoms with Crippen molar-refractivity contribution in [3.63, 3.8) is 0 Å². The molecule has 3 aromatic rings. The summed E-state index contributed by atoms with van der Waals surface area (Å²) in [6.45, 7) is 5.31. The molecule has 1 aromatic carbocycles. The highest BCUT2D eigenvalue weighted by Crippen LogP contribution is 2.28. The molecule has 0 amide bonds. The molecule has 2 aliphatic heterocycles. The molecule has 28 heavy (non-hydrogen) atoms. The summed E-state index contributed by atoms with van der Waals surface area (Å²) < 4.78 is 0. The Morgan fingerprint density at radius 1 is 1.07 bits per heavy atom. The minimum absolute atomic E-state index is 0.502. The van der Waals surface area contributed by atoms with Gasteiger partial charge in [0.05, 0.1) is 5.52 Å². The third-order valence-corrected chi connectivity index (χ3v) is 6.17. The van der Waals surface area contributed by atoms with E-state index in [0.717, 1.165) is 63.3 Å². The summed E-state index contributed by atoms with van der Waals surface area (Å²) >= 11 is 0. The minimum atomic E-state index is 0.502. The molecular weight excluding hydrogens is 346 g/mol. The Balaban J connectivity index is 1.22. The molecular formula is C23H27N5. The van der Waals surface area contributed by atoms with Gasteiger partial charge in [-0.15, -0.1) is 0 Å². The molecule has 1 fully saturated rings. The largest absolute Gasteiger partial charge is 0.302 e. The van der Waals surface area contributed by atoms with Crippen LogP contribution in [0.3, 0.4) is 0 Å². The Labute approximate surface area is 166 Å². The van der Waals surface area contributed by atoms with E-state index in [1.54, 1.807) is 0 Å². The number of likely N-dealkylation sites (N-methyl/N-ethyl adjacent to an activating group) is 1. The van der Waals surface area contributed by atoms with Gasteiger partial charge in [-0.05, 0) is 56.7 Å². The highest BCUT2D eigenvalue weighted by molar-refractivity contribution is 5.78. The first kappa shape index (κ1) is 17.7. The number of pyridine rings is 1. The van der Waals surface area contributed by atoms with Gasteiger partial charge in [0.1, 0.15) is 5.82 Å². The summed E-state index contributed by atoms with van der Waals surface area (Å²) in [5, 5.41) is 1.22. The monoisotopic (exact) mass is 373 g/mol. The van der Waals surface area contributed by atoms with Gasteiger partial charge in [0.15, 0.2) is 0 Å². The van der Waals surface area contributed by atoms with Crippen LogP contribution in [0.15, 0.2) is 42.7 Å². The highest BCUT2D eigenvalue weighted by atomic mass is 15.1. The maximum Gasteiger partial charge on any atom is 0.131 e. The van der Waals surface area contributed by atoms with Crippen molar-refractivity contribution >= 4 is 10.9 Å². The lowest BCUT2D eigenvalue weighted by molar-refractivity contribution is 0.201. The fourth-order valence-electron chi connectivity index (χ4n) is 4.50. The average Bonchev–Trinajstić information content (AvgIpc) is 2.74. The van der Waals surface area contributed by atoms with Crippen LogP contribution in [0.1, 0.15) is 41.4 Å². The van der Waals surface area contributed by atoms with Crippen LogP contribution >= 0.6 is 0 Å². The number of nitrogens with zero attached hydrogens (tertiary/aromatic N) is 5. The quantitative estimate of drug-likeness (QED) is 0.704. The van der Waals surface area contributed by atoms with Gasteiger partial charge in [-0.3, -0.25) is 9.88 Å². The van der Waals surface area contributed by atoms with Gasteiger partial charge in [-0.2, -0.15) is 0 Å². The summed E-state index contributed by atoms with van der Waals surface area (Å²) in [6, 6.07) is 10.8. The predicted molar refractivity (Wildman–Crippen MR) is 111 cm³/mol. The second kappa shape index (κ2) is 7.57. The van der Waals surface area contributed by atoms with Gasteiger partial charge in [0.2, 0.25) is 0 Å². The van der Waals surface area contributed by atoms with Crippen molar-refractivity contribution < 1.29 is 0 Å². The topological polar surface area (TPSA) is 45.2 Å². The second-order valence-corrected chi connectivity index (χ2v) is 8.27. The number of hydrogen-bond acceptors (Lipinski definition) is 5. The number of fused-ring (bicyclic) bond motifs is 2. The van der Waals surface area contributed by atoms with E-state index in [2.05, 4.69) is 52.3 Å². The number of piperidine rings is 1. The predicted octanol–water partition coefficient (Wildman–Crippen LogP) is 3.39. The SMILES string of the molecule is CN1CCc2nc(C3CCN(Cc4ccc5ncccc5c4)CC3)ncc2C1. The van der Waals surface area contributed by atoms with Crippen molar-refractivity contribution in [2.75, 3.05) is 26.7 Å². The Morgan fingerprint density at radius 2 is 1.96 bits per heavy atom. The third-order valence-electron chi connectivity index (χ3n) is 6.17. The van der Waals surface area contributed by atoms with Crippen LogP contribution in [0, 0.1) is 0 Å². The number of aromatic nitrogens is 3. The highest BCUT2D eigenvalue weighted by Gasteiger charge is 2.24. The first-order valence-corrected chi connectivity index (χ1v) is 10.3. The molecule has 0 radical (unpaired) electrons. The van der Waals surface area contributed by atoms with Crippen molar-refractivity contribution in [1.82, 2.24) is 24.8 Å². The Bertz CT molecular complexity index is 978. The minimum Gasteiger partial charge on any atom is -0.302 e. The normalized spacial score (nSPS) is 19.0. The lowest BCUT2D eigenvalue weighted by Gasteiger charge is -2.32. The van der Waals surface area contributed by atoms with Crippen LogP contribution in [0.25, 0.3) is 10.9 Å². The van der Waals surface area contributed by atoms with Crippen LogP contribution in [-0.2, 0) is 19.5 Å². The molecule has 0 atom stereocenters. The van der Waals surface area contributed by atoms with Crippen LogP contribution in [0.4, 0.5) is 0 Å². The third kappa shape index (κ3) is 3.64. The average molecular weight is 374 g/mol. The van der Waals surface area contributed by atoms with Crippen LogP contribution in [0.2, 0.25) is 0 Å². The first-order chi connectivity index (χ1) is 13.7. The smallest absolute Gasteiger partial charge is 0.131 e. The molecule has 5 nitrogen and oxygen atoms in total. The molecule has 4 heterocycles. The standard InChI is InChI=1S/C23H27N5/c1-27-10-8-22-20(16-27)14-25-23(26-22)18-6-11-28(12-7-18)15-17-4-5-21-19(13-17)3-2-9-24-21/h2-5,9,13-14,18H,6-8,10-12,15-16H2,1H3. The summed E-state index contributed by atoms with van der Waals surface area (Å²) in [5.41, 5.74) is 5.02. The van der Waals surface area contributed by atoms with Gasteiger partial charge < -0.3 is 4.90 Å². The van der Waals surface area contributed by atoms with E-state index in [9.17, 15) is 0 Å². The van der Waals surface area contributed by atoms with Crippen molar-refractivity contribution in [3.05, 3.63) is 65.4 Å². The van der Waals surface area contributed by atoms with E-state index in [1.165, 1.54) is 22.2 Å². The fourth-order valence-corrected chi connectivity index (χ4v) is 4.50. The first-order valence-electron chi connectivity index (χ1n) is 10.3. The van der Waals surface area contributed by atoms with Crippen LogP contribution in [-0.4, -0.2) is 51.4 Å². The number of hydrogen-bond donors (Lipinski definition) is 0. The molecule has 0 saturated carbocycles. The zero-order chi connectivity index (χ0) is 18.9. The van der Waals surface area contributed by atoms with Gasteiger partial charge >= 0.3 is 0 Å². The summed E-state index contributed by atoms with van der Waals surface area (Å²) in [4.78, 5) is 19.0. The van der Waals surface area contributed by atoms with Gasteiger partial charge in [-0.25, -0.2) is 9.97 Å². The van der Waals surface area contributed by atoms with Gasteiger partial charge in [-0.1, -0.05) is 12.1 Å². The lowest BCUT2D eigenvalue weighted by Crippen LogP contribution is -2.33. The molecule has 0 N–H and O–H groups in total. The Morgan fingerprint density at radius 3 is 2.86 bits per heavy atom. The van der Waals surface area contributed by atoms with Crippen LogP contribution in [0.5, 0.6) is 0 Å². The van der Waals surface area contributed by atoms with E-state index in [1.807, 2.05) is 12.3 Å². The van der Waals surface area contributed by atoms with Crippen molar-refractivity contribution in [2.45, 2.75) is 38.3 Å². The maximum atomic E-state index is 4.95. The van der Waals surface area contributed by atoms with Crippen LogP contribution < -0.4 is 0 Å². The van der Waals surface area contributed by atoms with E-state index in [0.29, 0.717) is 5.92 Å². The molecule has 5 heteroatoms. The molecule has 0 aliphatic carbocycles. The molecule has 2 aliphatic rings. The fraction of sp³-hybridized carbons (Fsp3) is 0.435. The Hall–Kier alpha value is -2.37. The summed E-state index contributed by atoms with van der Waals surface area (Å²) in [7, 11) is 2.17. The van der Waals surface area contributed by atoms with Gasteiger partial charge in [0, 0.05) is 61.0 Å². The molecule has 2 aromatic heterocycles. The molecule has 0 unspecified atom stereocenters. The molecule has 5 rings (SSSR count). The molecule has 1 saturated heterocycles. The number of likely N-dealkylation sites (tertiary alicyclic amines) is 1.